The Morgan fingerprint density at radius 2 is 1.82 bits per heavy atom. The summed E-state index contributed by atoms with van der Waals surface area (Å²) >= 11 is 0. The van der Waals surface area contributed by atoms with Gasteiger partial charge in [0.2, 0.25) is 5.91 Å². The first-order chi connectivity index (χ1) is 13.4. The highest BCUT2D eigenvalue weighted by molar-refractivity contribution is 6.03. The molecule has 0 spiro atoms. The van der Waals surface area contributed by atoms with Gasteiger partial charge in [-0.3, -0.25) is 9.59 Å². The van der Waals surface area contributed by atoms with Crippen molar-refractivity contribution in [3.05, 3.63) is 57.5 Å². The van der Waals surface area contributed by atoms with Gasteiger partial charge in [-0.05, 0) is 37.1 Å². The number of methoxy groups -OCH3 is 2. The third-order valence-corrected chi connectivity index (χ3v) is 4.30. The van der Waals surface area contributed by atoms with Crippen LogP contribution >= 0.6 is 0 Å². The SMILES string of the molecule is COC(=O)c1ccc(C(=O)OC)c(NC(=O)Cn2nc(C3CC3)ccc2=O)c1. The van der Waals surface area contributed by atoms with E-state index in [2.05, 4.69) is 15.2 Å². The lowest BCUT2D eigenvalue weighted by Crippen LogP contribution is -2.30. The van der Waals surface area contributed by atoms with Gasteiger partial charge in [-0.1, -0.05) is 0 Å². The Hall–Kier alpha value is -3.49. The number of benzene rings is 1. The highest BCUT2D eigenvalue weighted by Crippen LogP contribution is 2.38. The number of rotatable bonds is 6. The number of carbonyl (C=O) groups excluding carboxylic acids is 3. The van der Waals surface area contributed by atoms with Gasteiger partial charge in [0.15, 0.2) is 0 Å². The van der Waals surface area contributed by atoms with Crippen LogP contribution in [0.4, 0.5) is 5.69 Å². The third kappa shape index (κ3) is 4.25. The zero-order valence-corrected chi connectivity index (χ0v) is 15.4. The van der Waals surface area contributed by atoms with Crippen LogP contribution in [0.15, 0.2) is 35.1 Å². The summed E-state index contributed by atoms with van der Waals surface area (Å²) in [4.78, 5) is 48.1. The fourth-order valence-corrected chi connectivity index (χ4v) is 2.68. The molecule has 0 aliphatic heterocycles. The Kier molecular flexibility index (Phi) is 5.53. The van der Waals surface area contributed by atoms with Crippen molar-refractivity contribution in [2.24, 2.45) is 0 Å². The number of hydrogen-bond donors (Lipinski definition) is 1. The molecule has 0 atom stereocenters. The van der Waals surface area contributed by atoms with Gasteiger partial charge in [-0.2, -0.15) is 5.10 Å². The number of nitrogens with zero attached hydrogens (tertiary/aromatic N) is 2. The molecule has 0 bridgehead atoms. The Bertz CT molecular complexity index is 993. The zero-order chi connectivity index (χ0) is 20.3. The molecule has 1 aliphatic rings. The predicted octanol–water partition coefficient (Wildman–Crippen LogP) is 1.33. The van der Waals surface area contributed by atoms with Crippen molar-refractivity contribution in [1.29, 1.82) is 0 Å². The second-order valence-electron chi connectivity index (χ2n) is 6.32. The summed E-state index contributed by atoms with van der Waals surface area (Å²) in [6, 6.07) is 7.10. The molecule has 0 radical (unpaired) electrons. The van der Waals surface area contributed by atoms with E-state index in [4.69, 9.17) is 4.74 Å². The zero-order valence-electron chi connectivity index (χ0n) is 15.4. The lowest BCUT2D eigenvalue weighted by atomic mass is 10.1. The molecule has 2 aromatic rings. The summed E-state index contributed by atoms with van der Waals surface area (Å²) < 4.78 is 10.4. The predicted molar refractivity (Wildman–Crippen MR) is 98.2 cm³/mol. The lowest BCUT2D eigenvalue weighted by Gasteiger charge is -2.12. The van der Waals surface area contributed by atoms with Gasteiger partial charge in [0, 0.05) is 12.0 Å². The molecular formula is C19H19N3O6. The number of ether oxygens (including phenoxy) is 2. The number of nitrogens with one attached hydrogen (secondary N) is 1. The average Bonchev–Trinajstić information content (AvgIpc) is 3.53. The van der Waals surface area contributed by atoms with Crippen LogP contribution in [0.1, 0.15) is 45.2 Å². The van der Waals surface area contributed by atoms with E-state index in [1.807, 2.05) is 0 Å². The maximum Gasteiger partial charge on any atom is 0.339 e. The maximum absolute atomic E-state index is 12.5. The lowest BCUT2D eigenvalue weighted by molar-refractivity contribution is -0.117. The number of amides is 1. The van der Waals surface area contributed by atoms with Crippen LogP contribution in [0.25, 0.3) is 0 Å². The van der Waals surface area contributed by atoms with Crippen molar-refractivity contribution < 1.29 is 23.9 Å². The Morgan fingerprint density at radius 3 is 2.46 bits per heavy atom. The van der Waals surface area contributed by atoms with Gasteiger partial charge < -0.3 is 14.8 Å². The first kappa shape index (κ1) is 19.3. The number of hydrogen-bond acceptors (Lipinski definition) is 7. The van der Waals surface area contributed by atoms with Gasteiger partial charge in [-0.25, -0.2) is 14.3 Å². The summed E-state index contributed by atoms with van der Waals surface area (Å²) in [5, 5.41) is 6.76. The molecule has 1 aromatic carbocycles. The second kappa shape index (κ2) is 8.03. The van der Waals surface area contributed by atoms with Crippen molar-refractivity contribution >= 4 is 23.5 Å². The molecular weight excluding hydrogens is 366 g/mol. The van der Waals surface area contributed by atoms with E-state index in [9.17, 15) is 19.2 Å². The van der Waals surface area contributed by atoms with Crippen molar-refractivity contribution in [3.8, 4) is 0 Å². The van der Waals surface area contributed by atoms with E-state index in [1.54, 1.807) is 6.07 Å². The molecule has 1 heterocycles. The topological polar surface area (TPSA) is 117 Å². The summed E-state index contributed by atoms with van der Waals surface area (Å²) in [6.45, 7) is -0.331. The van der Waals surface area contributed by atoms with Gasteiger partial charge in [0.25, 0.3) is 5.56 Å². The highest BCUT2D eigenvalue weighted by Gasteiger charge is 2.26. The largest absolute Gasteiger partial charge is 0.465 e. The van der Waals surface area contributed by atoms with E-state index in [-0.39, 0.29) is 23.4 Å². The molecule has 1 saturated carbocycles. The third-order valence-electron chi connectivity index (χ3n) is 4.30. The minimum Gasteiger partial charge on any atom is -0.465 e. The van der Waals surface area contributed by atoms with Crippen molar-refractivity contribution in [2.75, 3.05) is 19.5 Å². The van der Waals surface area contributed by atoms with E-state index >= 15 is 0 Å². The molecule has 1 aliphatic carbocycles. The molecule has 1 amide bonds. The quantitative estimate of drug-likeness (QED) is 0.746. The van der Waals surface area contributed by atoms with Crippen LogP contribution < -0.4 is 10.9 Å². The Labute approximate surface area is 160 Å². The van der Waals surface area contributed by atoms with Crippen molar-refractivity contribution in [2.45, 2.75) is 25.3 Å². The molecule has 1 aromatic heterocycles. The van der Waals surface area contributed by atoms with Gasteiger partial charge in [-0.15, -0.1) is 0 Å². The fourth-order valence-electron chi connectivity index (χ4n) is 2.68. The smallest absolute Gasteiger partial charge is 0.339 e. The van der Waals surface area contributed by atoms with Gasteiger partial charge in [0.1, 0.15) is 6.54 Å². The van der Waals surface area contributed by atoms with Crippen LogP contribution in [0.5, 0.6) is 0 Å². The van der Waals surface area contributed by atoms with Crippen molar-refractivity contribution in [1.82, 2.24) is 9.78 Å². The molecule has 28 heavy (non-hydrogen) atoms. The monoisotopic (exact) mass is 385 g/mol. The number of anilines is 1. The van der Waals surface area contributed by atoms with Crippen molar-refractivity contribution in [3.63, 3.8) is 0 Å². The normalized spacial score (nSPS) is 12.9. The van der Waals surface area contributed by atoms with E-state index in [0.29, 0.717) is 5.92 Å². The molecule has 0 unspecified atom stereocenters. The first-order valence-electron chi connectivity index (χ1n) is 8.61. The molecule has 9 nitrogen and oxygen atoms in total. The molecule has 1 N–H and O–H groups in total. The molecule has 9 heteroatoms. The first-order valence-corrected chi connectivity index (χ1v) is 8.61. The van der Waals surface area contributed by atoms with E-state index < -0.39 is 23.4 Å². The van der Waals surface area contributed by atoms with E-state index in [1.165, 1.54) is 38.5 Å². The minimum absolute atomic E-state index is 0.0653. The Morgan fingerprint density at radius 1 is 1.11 bits per heavy atom. The molecule has 146 valence electrons. The molecule has 1 fully saturated rings. The summed E-state index contributed by atoms with van der Waals surface area (Å²) in [5.41, 5.74) is 0.657. The average molecular weight is 385 g/mol. The van der Waals surface area contributed by atoms with Crippen LogP contribution in [-0.2, 0) is 20.8 Å². The van der Waals surface area contributed by atoms with Crippen LogP contribution in [0.2, 0.25) is 0 Å². The van der Waals surface area contributed by atoms with Crippen LogP contribution in [-0.4, -0.2) is 41.8 Å². The molecule has 0 saturated heterocycles. The highest BCUT2D eigenvalue weighted by atomic mass is 16.5. The number of carbonyl (C=O) groups is 3. The van der Waals surface area contributed by atoms with Gasteiger partial charge in [0.05, 0.1) is 36.7 Å². The summed E-state index contributed by atoms with van der Waals surface area (Å²) in [7, 11) is 2.43. The standard InChI is InChI=1S/C19H19N3O6/c1-27-18(25)12-5-6-13(19(26)28-2)15(9-12)20-16(23)10-22-17(24)8-7-14(21-22)11-3-4-11/h5-9,11H,3-4,10H2,1-2H3,(H,20,23). The fraction of sp³-hybridized carbons (Fsp3) is 0.316. The number of aromatic nitrogens is 2. The van der Waals surface area contributed by atoms with Crippen LogP contribution in [0, 0.1) is 0 Å². The van der Waals surface area contributed by atoms with E-state index in [0.717, 1.165) is 23.2 Å². The number of esters is 2. The van der Waals surface area contributed by atoms with Gasteiger partial charge >= 0.3 is 11.9 Å². The minimum atomic E-state index is -0.683. The molecule has 3 rings (SSSR count). The van der Waals surface area contributed by atoms with Crippen LogP contribution in [0.3, 0.4) is 0 Å². The second-order valence-corrected chi connectivity index (χ2v) is 6.32. The summed E-state index contributed by atoms with van der Waals surface area (Å²) in [5.74, 6) is -1.55. The maximum atomic E-state index is 12.5. The summed E-state index contributed by atoms with van der Waals surface area (Å²) in [6.07, 6.45) is 2.03. The Balaban J connectivity index is 1.84.